The zero-order valence-electron chi connectivity index (χ0n) is 10.3. The van der Waals surface area contributed by atoms with Crippen molar-refractivity contribution in [3.8, 4) is 0 Å². The normalized spacial score (nSPS) is 17.4. The summed E-state index contributed by atoms with van der Waals surface area (Å²) in [6, 6.07) is 1.16. The monoisotopic (exact) mass is 307 g/mol. The molecule has 0 atom stereocenters. The number of halogens is 1. The summed E-state index contributed by atoms with van der Waals surface area (Å²) in [5.41, 5.74) is 0. The highest BCUT2D eigenvalue weighted by molar-refractivity contribution is 8.13. The minimum absolute atomic E-state index is 0.0164. The van der Waals surface area contributed by atoms with Crippen LogP contribution in [0.25, 0.3) is 0 Å². The van der Waals surface area contributed by atoms with Gasteiger partial charge in [0.1, 0.15) is 10.7 Å². The number of amides is 1. The quantitative estimate of drug-likeness (QED) is 0.854. The fourth-order valence-corrected chi connectivity index (χ4v) is 3.01. The van der Waals surface area contributed by atoms with Crippen LogP contribution in [-0.2, 0) is 13.8 Å². The average Bonchev–Trinajstić information content (AvgIpc) is 2.72. The summed E-state index contributed by atoms with van der Waals surface area (Å²) in [5.74, 6) is -0.392. The van der Waals surface area contributed by atoms with Crippen molar-refractivity contribution in [3.63, 3.8) is 0 Å². The van der Waals surface area contributed by atoms with Gasteiger partial charge in [-0.05, 0) is 19.8 Å². The van der Waals surface area contributed by atoms with Gasteiger partial charge >= 0.3 is 0 Å². The third-order valence-corrected chi connectivity index (χ3v) is 4.34. The molecular weight excluding hydrogens is 294 g/mol. The van der Waals surface area contributed by atoms with Gasteiger partial charge in [0.05, 0.1) is 0 Å². The van der Waals surface area contributed by atoms with Crippen LogP contribution in [0.4, 0.5) is 0 Å². The summed E-state index contributed by atoms with van der Waals surface area (Å²) in [5, 5.41) is 2.78. The number of carbonyl (C=O) groups is 1. The van der Waals surface area contributed by atoms with E-state index < -0.39 is 15.0 Å². The van der Waals surface area contributed by atoms with Crippen molar-refractivity contribution in [2.45, 2.75) is 30.7 Å². The molecule has 1 aliphatic rings. The largest absolute Gasteiger partial charge is 0.455 e. The molecule has 1 amide bonds. The molecule has 8 heteroatoms. The van der Waals surface area contributed by atoms with Gasteiger partial charge in [-0.1, -0.05) is 0 Å². The van der Waals surface area contributed by atoms with Crippen molar-refractivity contribution in [3.05, 3.63) is 17.6 Å². The third-order valence-electron chi connectivity index (χ3n) is 2.92. The Kier molecular flexibility index (Phi) is 4.17. The van der Waals surface area contributed by atoms with Gasteiger partial charge in [-0.3, -0.25) is 4.79 Å². The highest BCUT2D eigenvalue weighted by Crippen LogP contribution is 2.23. The van der Waals surface area contributed by atoms with Crippen LogP contribution in [0.15, 0.2) is 15.4 Å². The van der Waals surface area contributed by atoms with Crippen molar-refractivity contribution in [2.24, 2.45) is 0 Å². The molecule has 1 saturated heterocycles. The van der Waals surface area contributed by atoms with Gasteiger partial charge < -0.3 is 14.5 Å². The number of hydrogen-bond acceptors (Lipinski definition) is 5. The maximum Gasteiger partial charge on any atom is 0.287 e. The molecule has 1 aromatic rings. The van der Waals surface area contributed by atoms with Gasteiger partial charge in [0.25, 0.3) is 15.0 Å². The lowest BCUT2D eigenvalue weighted by atomic mass is 10.1. The molecule has 1 N–H and O–H groups in total. The lowest BCUT2D eigenvalue weighted by Gasteiger charge is -2.22. The van der Waals surface area contributed by atoms with E-state index >= 15 is 0 Å². The topological polar surface area (TPSA) is 85.6 Å². The number of ether oxygens (including phenoxy) is 1. The second-order valence-electron chi connectivity index (χ2n) is 4.33. The van der Waals surface area contributed by atoms with E-state index in [0.29, 0.717) is 13.2 Å². The van der Waals surface area contributed by atoms with Gasteiger partial charge in [0.2, 0.25) is 0 Å². The number of carbonyl (C=O) groups excluding carboxylic acids is 1. The molecule has 1 aromatic heterocycles. The summed E-state index contributed by atoms with van der Waals surface area (Å²) < 4.78 is 32.8. The number of nitrogens with one attached hydrogen (secondary N) is 1. The van der Waals surface area contributed by atoms with Crippen molar-refractivity contribution in [2.75, 3.05) is 13.2 Å². The number of furan rings is 1. The Morgan fingerprint density at radius 1 is 1.42 bits per heavy atom. The molecule has 1 fully saturated rings. The molecule has 1 aliphatic heterocycles. The molecular formula is C11H14ClNO5S. The van der Waals surface area contributed by atoms with Crippen LogP contribution in [0.1, 0.15) is 29.2 Å². The molecule has 2 rings (SSSR count). The van der Waals surface area contributed by atoms with Gasteiger partial charge in [0, 0.05) is 36.0 Å². The number of rotatable bonds is 3. The SMILES string of the molecule is Cc1oc(C(=O)NC2CCOCC2)cc1S(=O)(=O)Cl. The average molecular weight is 308 g/mol. The molecule has 0 unspecified atom stereocenters. The Bertz CT molecular complexity index is 574. The minimum atomic E-state index is -3.90. The van der Waals surface area contributed by atoms with Crippen LogP contribution >= 0.6 is 10.7 Å². The first-order valence-corrected chi connectivity index (χ1v) is 8.12. The lowest BCUT2D eigenvalue weighted by Crippen LogP contribution is -2.38. The van der Waals surface area contributed by atoms with Crippen molar-refractivity contribution in [1.82, 2.24) is 5.32 Å². The van der Waals surface area contributed by atoms with Crippen LogP contribution in [0.3, 0.4) is 0 Å². The first-order valence-electron chi connectivity index (χ1n) is 5.81. The molecule has 0 aliphatic carbocycles. The van der Waals surface area contributed by atoms with E-state index in [-0.39, 0.29) is 22.5 Å². The van der Waals surface area contributed by atoms with Crippen LogP contribution in [0, 0.1) is 6.92 Å². The van der Waals surface area contributed by atoms with Gasteiger partial charge in [0.15, 0.2) is 5.76 Å². The second kappa shape index (κ2) is 5.52. The molecule has 0 spiro atoms. The van der Waals surface area contributed by atoms with E-state index in [1.54, 1.807) is 0 Å². The predicted molar refractivity (Wildman–Crippen MR) is 67.8 cm³/mol. The first-order chi connectivity index (χ1) is 8.88. The fraction of sp³-hybridized carbons (Fsp3) is 0.545. The van der Waals surface area contributed by atoms with E-state index in [2.05, 4.69) is 5.32 Å². The van der Waals surface area contributed by atoms with E-state index in [4.69, 9.17) is 19.8 Å². The zero-order valence-corrected chi connectivity index (χ0v) is 11.9. The summed E-state index contributed by atoms with van der Waals surface area (Å²) in [6.07, 6.45) is 1.46. The third kappa shape index (κ3) is 3.49. The Balaban J connectivity index is 2.11. The molecule has 106 valence electrons. The van der Waals surface area contributed by atoms with Crippen LogP contribution in [0.2, 0.25) is 0 Å². The smallest absolute Gasteiger partial charge is 0.287 e. The standard InChI is InChI=1S/C11H14ClNO5S/c1-7-10(19(12,15)16)6-9(18-7)11(14)13-8-2-4-17-5-3-8/h6,8H,2-5H2,1H3,(H,13,14). The molecule has 0 saturated carbocycles. The van der Waals surface area contributed by atoms with Gasteiger partial charge in [-0.2, -0.15) is 0 Å². The second-order valence-corrected chi connectivity index (χ2v) is 6.86. The van der Waals surface area contributed by atoms with E-state index in [0.717, 1.165) is 18.9 Å². The van der Waals surface area contributed by atoms with Crippen molar-refractivity contribution < 1.29 is 22.4 Å². The maximum absolute atomic E-state index is 11.9. The van der Waals surface area contributed by atoms with Gasteiger partial charge in [-0.25, -0.2) is 8.42 Å². The Hall–Kier alpha value is -1.05. The summed E-state index contributed by atoms with van der Waals surface area (Å²) in [7, 11) is 1.34. The molecule has 6 nitrogen and oxygen atoms in total. The van der Waals surface area contributed by atoms with Crippen LogP contribution in [0.5, 0.6) is 0 Å². The highest BCUT2D eigenvalue weighted by atomic mass is 35.7. The Morgan fingerprint density at radius 2 is 2.05 bits per heavy atom. The molecule has 0 radical (unpaired) electrons. The van der Waals surface area contributed by atoms with Crippen molar-refractivity contribution in [1.29, 1.82) is 0 Å². The van der Waals surface area contributed by atoms with Crippen LogP contribution in [-0.4, -0.2) is 33.6 Å². The Labute approximate surface area is 115 Å². The van der Waals surface area contributed by atoms with E-state index in [1.807, 2.05) is 0 Å². The first kappa shape index (κ1) is 14.4. The summed E-state index contributed by atoms with van der Waals surface area (Å²) in [4.78, 5) is 11.7. The van der Waals surface area contributed by atoms with Crippen LogP contribution < -0.4 is 5.32 Å². The molecule has 0 bridgehead atoms. The molecule has 2 heterocycles. The fourth-order valence-electron chi connectivity index (χ4n) is 1.92. The van der Waals surface area contributed by atoms with Gasteiger partial charge in [-0.15, -0.1) is 0 Å². The summed E-state index contributed by atoms with van der Waals surface area (Å²) in [6.45, 7) is 2.65. The molecule has 19 heavy (non-hydrogen) atoms. The highest BCUT2D eigenvalue weighted by Gasteiger charge is 2.24. The minimum Gasteiger partial charge on any atom is -0.455 e. The number of aryl methyl sites for hydroxylation is 1. The number of hydrogen-bond donors (Lipinski definition) is 1. The van der Waals surface area contributed by atoms with E-state index in [9.17, 15) is 13.2 Å². The zero-order chi connectivity index (χ0) is 14.0. The lowest BCUT2D eigenvalue weighted by molar-refractivity contribution is 0.0683. The maximum atomic E-state index is 11.9. The molecule has 0 aromatic carbocycles. The predicted octanol–water partition coefficient (Wildman–Crippen LogP) is 1.42. The summed E-state index contributed by atoms with van der Waals surface area (Å²) >= 11 is 0. The van der Waals surface area contributed by atoms with E-state index in [1.165, 1.54) is 6.92 Å². The Morgan fingerprint density at radius 3 is 2.58 bits per heavy atom. The van der Waals surface area contributed by atoms with Crippen molar-refractivity contribution >= 4 is 25.6 Å².